The minimum atomic E-state index is -0.643. The summed E-state index contributed by atoms with van der Waals surface area (Å²) in [4.78, 5) is 12.3. The van der Waals surface area contributed by atoms with Crippen LogP contribution >= 0.6 is 0 Å². The van der Waals surface area contributed by atoms with Crippen LogP contribution in [0.5, 0.6) is 0 Å². The molecule has 0 spiro atoms. The smallest absolute Gasteiger partial charge is 0.271 e. The highest BCUT2D eigenvalue weighted by molar-refractivity contribution is 5.24. The summed E-state index contributed by atoms with van der Waals surface area (Å²) in [5.74, 6) is 0. The van der Waals surface area contributed by atoms with Gasteiger partial charge in [0.15, 0.2) is 0 Å². The lowest BCUT2D eigenvalue weighted by molar-refractivity contribution is 0.467. The summed E-state index contributed by atoms with van der Waals surface area (Å²) in [6, 6.07) is 1.86. The van der Waals surface area contributed by atoms with Crippen molar-refractivity contribution in [1.29, 1.82) is 0 Å². The van der Waals surface area contributed by atoms with E-state index in [4.69, 9.17) is 5.73 Å². The number of nitrogens with zero attached hydrogens (tertiary/aromatic N) is 2. The summed E-state index contributed by atoms with van der Waals surface area (Å²) in [6.45, 7) is 12.6. The maximum atomic E-state index is 12.3. The Balaban J connectivity index is 3.53. The van der Waals surface area contributed by atoms with Gasteiger partial charge in [-0.1, -0.05) is 27.7 Å². The molecule has 4 nitrogen and oxygen atoms in total. The number of rotatable bonds is 3. The Labute approximate surface area is 109 Å². The molecule has 0 aliphatic rings. The van der Waals surface area contributed by atoms with Crippen LogP contribution in [0.3, 0.4) is 0 Å². The quantitative estimate of drug-likeness (QED) is 0.895. The molecule has 1 aromatic heterocycles. The fourth-order valence-electron chi connectivity index (χ4n) is 1.73. The third-order valence-electron chi connectivity index (χ3n) is 2.87. The zero-order valence-electron chi connectivity index (χ0n) is 12.4. The molecule has 0 fully saturated rings. The molecular weight excluding hydrogens is 226 g/mol. The van der Waals surface area contributed by atoms with Crippen LogP contribution in [0.4, 0.5) is 0 Å². The van der Waals surface area contributed by atoms with E-state index in [0.29, 0.717) is 12.1 Å². The highest BCUT2D eigenvalue weighted by atomic mass is 16.1. The number of aryl methyl sites for hydroxylation is 1. The SMILES string of the molecule is CCCn1nc(C(C)(C)C)cc(C(C)(C)N)c1=O. The third-order valence-corrected chi connectivity index (χ3v) is 2.87. The first-order chi connectivity index (χ1) is 8.07. The van der Waals surface area contributed by atoms with Crippen molar-refractivity contribution in [3.8, 4) is 0 Å². The Kier molecular flexibility index (Phi) is 4.01. The van der Waals surface area contributed by atoms with Gasteiger partial charge in [0.05, 0.1) is 5.69 Å². The average Bonchev–Trinajstić information content (AvgIpc) is 2.17. The van der Waals surface area contributed by atoms with Gasteiger partial charge >= 0.3 is 0 Å². The van der Waals surface area contributed by atoms with E-state index in [0.717, 1.165) is 12.1 Å². The summed E-state index contributed by atoms with van der Waals surface area (Å²) >= 11 is 0. The second-order valence-electron chi connectivity index (χ2n) is 6.44. The molecule has 0 aliphatic heterocycles. The molecule has 0 radical (unpaired) electrons. The summed E-state index contributed by atoms with van der Waals surface area (Å²) in [5.41, 5.74) is 6.83. The minimum absolute atomic E-state index is 0.0719. The van der Waals surface area contributed by atoms with E-state index in [2.05, 4.69) is 25.9 Å². The Hall–Kier alpha value is -1.16. The summed E-state index contributed by atoms with van der Waals surface area (Å²) in [6.07, 6.45) is 0.880. The van der Waals surface area contributed by atoms with Crippen molar-refractivity contribution >= 4 is 0 Å². The van der Waals surface area contributed by atoms with E-state index >= 15 is 0 Å². The van der Waals surface area contributed by atoms with Gasteiger partial charge in [-0.15, -0.1) is 0 Å². The number of aromatic nitrogens is 2. The molecule has 1 aromatic rings. The van der Waals surface area contributed by atoms with E-state index in [9.17, 15) is 4.79 Å². The van der Waals surface area contributed by atoms with Crippen molar-refractivity contribution in [2.45, 2.75) is 65.5 Å². The molecule has 0 saturated heterocycles. The van der Waals surface area contributed by atoms with Crippen molar-refractivity contribution < 1.29 is 0 Å². The van der Waals surface area contributed by atoms with Crippen LogP contribution in [0.25, 0.3) is 0 Å². The first-order valence-electron chi connectivity index (χ1n) is 6.49. The first kappa shape index (κ1) is 14.9. The van der Waals surface area contributed by atoms with Gasteiger partial charge in [0.2, 0.25) is 0 Å². The molecule has 0 saturated carbocycles. The molecule has 1 heterocycles. The third kappa shape index (κ3) is 3.19. The van der Waals surface area contributed by atoms with Crippen molar-refractivity contribution in [3.63, 3.8) is 0 Å². The zero-order valence-corrected chi connectivity index (χ0v) is 12.4. The van der Waals surface area contributed by atoms with Crippen molar-refractivity contribution in [3.05, 3.63) is 27.7 Å². The fraction of sp³-hybridized carbons (Fsp3) is 0.714. The minimum Gasteiger partial charge on any atom is -0.322 e. The largest absolute Gasteiger partial charge is 0.322 e. The molecule has 18 heavy (non-hydrogen) atoms. The van der Waals surface area contributed by atoms with Crippen molar-refractivity contribution in [2.24, 2.45) is 5.73 Å². The van der Waals surface area contributed by atoms with Gasteiger partial charge in [0, 0.05) is 23.1 Å². The predicted molar refractivity (Wildman–Crippen MR) is 74.7 cm³/mol. The molecule has 1 rings (SSSR count). The maximum absolute atomic E-state index is 12.3. The van der Waals surface area contributed by atoms with Gasteiger partial charge in [0.25, 0.3) is 5.56 Å². The van der Waals surface area contributed by atoms with Crippen LogP contribution in [0.2, 0.25) is 0 Å². The molecule has 0 atom stereocenters. The summed E-state index contributed by atoms with van der Waals surface area (Å²) in [5, 5.41) is 4.46. The number of hydrogen-bond donors (Lipinski definition) is 1. The number of nitrogens with two attached hydrogens (primary N) is 1. The summed E-state index contributed by atoms with van der Waals surface area (Å²) < 4.78 is 1.55. The van der Waals surface area contributed by atoms with E-state index in [1.807, 2.05) is 26.8 Å². The fourth-order valence-corrected chi connectivity index (χ4v) is 1.73. The van der Waals surface area contributed by atoms with Crippen molar-refractivity contribution in [2.75, 3.05) is 0 Å². The Morgan fingerprint density at radius 3 is 2.22 bits per heavy atom. The lowest BCUT2D eigenvalue weighted by Gasteiger charge is -2.24. The molecule has 0 aromatic carbocycles. The second-order valence-corrected chi connectivity index (χ2v) is 6.44. The molecule has 0 bridgehead atoms. The lowest BCUT2D eigenvalue weighted by atomic mass is 9.88. The topological polar surface area (TPSA) is 60.9 Å². The molecule has 102 valence electrons. The van der Waals surface area contributed by atoms with Gasteiger partial charge in [0.1, 0.15) is 0 Å². The van der Waals surface area contributed by atoms with Gasteiger partial charge < -0.3 is 5.73 Å². The number of hydrogen-bond acceptors (Lipinski definition) is 3. The van der Waals surface area contributed by atoms with Crippen LogP contribution < -0.4 is 11.3 Å². The molecule has 0 unspecified atom stereocenters. The summed E-state index contributed by atoms with van der Waals surface area (Å²) in [7, 11) is 0. The molecule has 0 amide bonds. The van der Waals surface area contributed by atoms with Crippen LogP contribution in [0.1, 0.15) is 59.2 Å². The highest BCUT2D eigenvalue weighted by Gasteiger charge is 2.25. The maximum Gasteiger partial charge on any atom is 0.271 e. The van der Waals surface area contributed by atoms with Crippen molar-refractivity contribution in [1.82, 2.24) is 9.78 Å². The zero-order chi connectivity index (χ0) is 14.1. The van der Waals surface area contributed by atoms with E-state index in [-0.39, 0.29) is 11.0 Å². The van der Waals surface area contributed by atoms with Crippen LogP contribution in [-0.2, 0) is 17.5 Å². The molecule has 4 heteroatoms. The standard InChI is InChI=1S/C14H25N3O/c1-7-8-17-12(18)10(14(5,6)15)9-11(16-17)13(2,3)4/h9H,7-8,15H2,1-6H3. The van der Waals surface area contributed by atoms with Gasteiger partial charge in [-0.2, -0.15) is 5.10 Å². The van der Waals surface area contributed by atoms with E-state index in [1.54, 1.807) is 4.68 Å². The average molecular weight is 251 g/mol. The molecule has 2 N–H and O–H groups in total. The van der Waals surface area contributed by atoms with Crippen LogP contribution in [0.15, 0.2) is 10.9 Å². The highest BCUT2D eigenvalue weighted by Crippen LogP contribution is 2.22. The normalized spacial score (nSPS) is 12.8. The van der Waals surface area contributed by atoms with Crippen LogP contribution in [-0.4, -0.2) is 9.78 Å². The van der Waals surface area contributed by atoms with Gasteiger partial charge in [-0.3, -0.25) is 4.79 Å². The Morgan fingerprint density at radius 2 is 1.83 bits per heavy atom. The molecular formula is C14H25N3O. The van der Waals surface area contributed by atoms with E-state index in [1.165, 1.54) is 0 Å². The Bertz CT molecular complexity index is 475. The van der Waals surface area contributed by atoms with Gasteiger partial charge in [-0.25, -0.2) is 4.68 Å². The van der Waals surface area contributed by atoms with Crippen LogP contribution in [0, 0.1) is 0 Å². The first-order valence-corrected chi connectivity index (χ1v) is 6.49. The lowest BCUT2D eigenvalue weighted by Crippen LogP contribution is -2.40. The predicted octanol–water partition coefficient (Wildman–Crippen LogP) is 2.14. The van der Waals surface area contributed by atoms with Gasteiger partial charge in [-0.05, 0) is 26.3 Å². The Morgan fingerprint density at radius 1 is 1.28 bits per heavy atom. The molecule has 0 aliphatic carbocycles. The second kappa shape index (κ2) is 4.84. The van der Waals surface area contributed by atoms with E-state index < -0.39 is 5.54 Å². The monoisotopic (exact) mass is 251 g/mol.